The van der Waals surface area contributed by atoms with Crippen LogP contribution >= 0.6 is 0 Å². The highest BCUT2D eigenvalue weighted by Gasteiger charge is 2.22. The standard InChI is InChI=1S/C16H19F2NO4/c17-12-3-4-14(13(18)9-12)23-10-15(20)19-6-1-2-11(5-7-19)8-16(21)22/h3-4,9,11H,1-2,5-8,10H2,(H,21,22)/t11-/m1/s1. The first-order chi connectivity index (χ1) is 11.0. The predicted octanol–water partition coefficient (Wildman–Crippen LogP) is 2.45. The fourth-order valence-corrected chi connectivity index (χ4v) is 2.69. The van der Waals surface area contributed by atoms with Crippen molar-refractivity contribution in [1.82, 2.24) is 4.90 Å². The van der Waals surface area contributed by atoms with Crippen molar-refractivity contribution in [2.45, 2.75) is 25.7 Å². The largest absolute Gasteiger partial charge is 0.481 e. The number of likely N-dealkylation sites (tertiary alicyclic amines) is 1. The number of carboxylic acids is 1. The molecule has 1 aromatic rings. The molecule has 1 aliphatic rings. The number of hydrogen-bond donors (Lipinski definition) is 1. The van der Waals surface area contributed by atoms with Gasteiger partial charge in [-0.15, -0.1) is 0 Å². The SMILES string of the molecule is O=C(O)C[C@@H]1CCCN(C(=O)COc2ccc(F)cc2F)CC1. The molecular formula is C16H19F2NO4. The molecule has 0 spiro atoms. The molecular weight excluding hydrogens is 308 g/mol. The highest BCUT2D eigenvalue weighted by Crippen LogP contribution is 2.21. The molecule has 1 amide bonds. The Morgan fingerprint density at radius 2 is 2.04 bits per heavy atom. The van der Waals surface area contributed by atoms with Gasteiger partial charge in [0.2, 0.25) is 0 Å². The van der Waals surface area contributed by atoms with Crippen molar-refractivity contribution in [3.8, 4) is 5.75 Å². The van der Waals surface area contributed by atoms with Crippen molar-refractivity contribution < 1.29 is 28.2 Å². The van der Waals surface area contributed by atoms with Gasteiger partial charge < -0.3 is 14.7 Å². The topological polar surface area (TPSA) is 66.8 Å². The predicted molar refractivity (Wildman–Crippen MR) is 78.0 cm³/mol. The molecule has 126 valence electrons. The fraction of sp³-hybridized carbons (Fsp3) is 0.500. The van der Waals surface area contributed by atoms with E-state index >= 15 is 0 Å². The molecule has 0 aliphatic carbocycles. The number of rotatable bonds is 5. The van der Waals surface area contributed by atoms with Gasteiger partial charge in [0.05, 0.1) is 0 Å². The van der Waals surface area contributed by atoms with E-state index in [1.807, 2.05) is 0 Å². The number of aliphatic carboxylic acids is 1. The average Bonchev–Trinajstić information content (AvgIpc) is 2.71. The van der Waals surface area contributed by atoms with Crippen LogP contribution in [0.1, 0.15) is 25.7 Å². The molecule has 0 bridgehead atoms. The minimum Gasteiger partial charge on any atom is -0.481 e. The first-order valence-corrected chi connectivity index (χ1v) is 7.53. The van der Waals surface area contributed by atoms with Gasteiger partial charge in [0.15, 0.2) is 18.2 Å². The van der Waals surface area contributed by atoms with Crippen molar-refractivity contribution in [1.29, 1.82) is 0 Å². The van der Waals surface area contributed by atoms with Crippen LogP contribution < -0.4 is 4.74 Å². The maximum Gasteiger partial charge on any atom is 0.303 e. The molecule has 1 aromatic carbocycles. The highest BCUT2D eigenvalue weighted by molar-refractivity contribution is 5.77. The van der Waals surface area contributed by atoms with Crippen LogP contribution in [0.2, 0.25) is 0 Å². The molecule has 0 saturated carbocycles. The van der Waals surface area contributed by atoms with Crippen molar-refractivity contribution in [2.24, 2.45) is 5.92 Å². The van der Waals surface area contributed by atoms with E-state index in [1.54, 1.807) is 4.90 Å². The molecule has 1 fully saturated rings. The average molecular weight is 327 g/mol. The maximum absolute atomic E-state index is 13.4. The second-order valence-electron chi connectivity index (χ2n) is 5.64. The number of carboxylic acid groups (broad SMARTS) is 1. The minimum atomic E-state index is -0.852. The Bertz CT molecular complexity index is 579. The number of ether oxygens (including phenoxy) is 1. The number of carbonyl (C=O) groups excluding carboxylic acids is 1. The molecule has 2 rings (SSSR count). The summed E-state index contributed by atoms with van der Waals surface area (Å²) in [5.74, 6) is -2.78. The van der Waals surface area contributed by atoms with Gasteiger partial charge in [-0.2, -0.15) is 0 Å². The second kappa shape index (κ2) is 7.89. The summed E-state index contributed by atoms with van der Waals surface area (Å²) >= 11 is 0. The number of benzene rings is 1. The van der Waals surface area contributed by atoms with E-state index in [-0.39, 0.29) is 30.6 Å². The van der Waals surface area contributed by atoms with Gasteiger partial charge in [-0.05, 0) is 37.3 Å². The number of amides is 1. The van der Waals surface area contributed by atoms with E-state index in [0.29, 0.717) is 25.6 Å². The molecule has 0 unspecified atom stereocenters. The molecule has 1 aliphatic heterocycles. The minimum absolute atomic E-state index is 0.0701. The van der Waals surface area contributed by atoms with Crippen LogP contribution in [0.5, 0.6) is 5.75 Å². The van der Waals surface area contributed by atoms with Gasteiger partial charge in [0.1, 0.15) is 5.82 Å². The summed E-state index contributed by atoms with van der Waals surface area (Å²) in [4.78, 5) is 24.5. The molecule has 0 radical (unpaired) electrons. The second-order valence-corrected chi connectivity index (χ2v) is 5.64. The monoisotopic (exact) mass is 327 g/mol. The van der Waals surface area contributed by atoms with E-state index < -0.39 is 17.6 Å². The third-order valence-corrected chi connectivity index (χ3v) is 3.91. The van der Waals surface area contributed by atoms with Crippen molar-refractivity contribution in [3.05, 3.63) is 29.8 Å². The van der Waals surface area contributed by atoms with Crippen LogP contribution in [-0.2, 0) is 9.59 Å². The van der Waals surface area contributed by atoms with Gasteiger partial charge in [0, 0.05) is 25.6 Å². The zero-order chi connectivity index (χ0) is 16.8. The van der Waals surface area contributed by atoms with Crippen molar-refractivity contribution in [3.63, 3.8) is 0 Å². The van der Waals surface area contributed by atoms with E-state index in [1.165, 1.54) is 0 Å². The number of carbonyl (C=O) groups is 2. The summed E-state index contributed by atoms with van der Waals surface area (Å²) in [7, 11) is 0. The molecule has 5 nitrogen and oxygen atoms in total. The van der Waals surface area contributed by atoms with Crippen LogP contribution in [0.3, 0.4) is 0 Å². The summed E-state index contributed by atoms with van der Waals surface area (Å²) in [6.45, 7) is 0.669. The number of halogens is 2. The normalized spacial score (nSPS) is 18.3. The summed E-state index contributed by atoms with van der Waals surface area (Å²) in [5, 5.41) is 8.83. The summed E-state index contributed by atoms with van der Waals surface area (Å²) in [6.07, 6.45) is 2.24. The zero-order valence-electron chi connectivity index (χ0n) is 12.6. The Morgan fingerprint density at radius 1 is 1.26 bits per heavy atom. The molecule has 1 atom stereocenters. The van der Waals surface area contributed by atoms with E-state index in [9.17, 15) is 18.4 Å². The molecule has 7 heteroatoms. The van der Waals surface area contributed by atoms with Crippen LogP contribution in [0.4, 0.5) is 8.78 Å². The van der Waals surface area contributed by atoms with Crippen molar-refractivity contribution >= 4 is 11.9 Å². The Kier molecular flexibility index (Phi) is 5.90. The smallest absolute Gasteiger partial charge is 0.303 e. The molecule has 1 saturated heterocycles. The van der Waals surface area contributed by atoms with Gasteiger partial charge in [-0.3, -0.25) is 9.59 Å². The van der Waals surface area contributed by atoms with Gasteiger partial charge in [-0.25, -0.2) is 8.78 Å². The molecule has 0 aromatic heterocycles. The van der Waals surface area contributed by atoms with Gasteiger partial charge >= 0.3 is 5.97 Å². The summed E-state index contributed by atoms with van der Waals surface area (Å²) < 4.78 is 31.3. The van der Waals surface area contributed by atoms with E-state index in [0.717, 1.165) is 25.0 Å². The van der Waals surface area contributed by atoms with Crippen molar-refractivity contribution in [2.75, 3.05) is 19.7 Å². The highest BCUT2D eigenvalue weighted by atomic mass is 19.1. The summed E-state index contributed by atoms with van der Waals surface area (Å²) in [5.41, 5.74) is 0. The number of hydrogen-bond acceptors (Lipinski definition) is 3. The summed E-state index contributed by atoms with van der Waals surface area (Å²) in [6, 6.07) is 2.90. The van der Waals surface area contributed by atoms with Crippen LogP contribution in [-0.4, -0.2) is 41.6 Å². The maximum atomic E-state index is 13.4. The lowest BCUT2D eigenvalue weighted by atomic mass is 9.97. The lowest BCUT2D eigenvalue weighted by molar-refractivity contribution is -0.138. The lowest BCUT2D eigenvalue weighted by Gasteiger charge is -2.20. The first-order valence-electron chi connectivity index (χ1n) is 7.53. The fourth-order valence-electron chi connectivity index (χ4n) is 2.69. The van der Waals surface area contributed by atoms with Gasteiger partial charge in [0.25, 0.3) is 5.91 Å². The Morgan fingerprint density at radius 3 is 2.74 bits per heavy atom. The Labute approximate surface area is 132 Å². The molecule has 23 heavy (non-hydrogen) atoms. The van der Waals surface area contributed by atoms with E-state index in [2.05, 4.69) is 0 Å². The molecule has 1 heterocycles. The van der Waals surface area contributed by atoms with Gasteiger partial charge in [-0.1, -0.05) is 0 Å². The zero-order valence-corrected chi connectivity index (χ0v) is 12.6. The van der Waals surface area contributed by atoms with E-state index in [4.69, 9.17) is 9.84 Å². The third kappa shape index (κ3) is 5.19. The Hall–Kier alpha value is -2.18. The third-order valence-electron chi connectivity index (χ3n) is 3.91. The first kappa shape index (κ1) is 17.2. The quantitative estimate of drug-likeness (QED) is 0.902. The number of nitrogens with zero attached hydrogens (tertiary/aromatic N) is 1. The van der Waals surface area contributed by atoms with Crippen LogP contribution in [0.25, 0.3) is 0 Å². The lowest BCUT2D eigenvalue weighted by Crippen LogP contribution is -2.35. The molecule has 1 N–H and O–H groups in total. The Balaban J connectivity index is 1.84. The van der Waals surface area contributed by atoms with Crippen LogP contribution in [0.15, 0.2) is 18.2 Å². The van der Waals surface area contributed by atoms with Crippen LogP contribution in [0, 0.1) is 17.6 Å².